The van der Waals surface area contributed by atoms with Gasteiger partial charge in [-0.05, 0) is 52.6 Å². The Labute approximate surface area is 340 Å². The number of urea groups is 1. The molecule has 1 aliphatic rings. The number of aromatic nitrogens is 1. The van der Waals surface area contributed by atoms with Crippen LogP contribution >= 0.6 is 0 Å². The molecule has 3 aromatic carbocycles. The molecule has 5 rings (SSSR count). The summed E-state index contributed by atoms with van der Waals surface area (Å²) in [6, 6.07) is 23.4. The monoisotopic (exact) mass is 795 g/mol. The number of para-hydroxylation sites is 1. The van der Waals surface area contributed by atoms with E-state index in [-0.39, 0.29) is 37.4 Å². The van der Waals surface area contributed by atoms with E-state index in [4.69, 9.17) is 4.74 Å². The summed E-state index contributed by atoms with van der Waals surface area (Å²) in [5.41, 5.74) is 5.46. The molecular formula is C44H57N7O7. The van der Waals surface area contributed by atoms with E-state index in [9.17, 15) is 29.4 Å². The zero-order chi connectivity index (χ0) is 42.0. The maximum atomic E-state index is 14.5. The first kappa shape index (κ1) is 43.4. The molecule has 0 aliphatic carbocycles. The second-order valence-electron chi connectivity index (χ2n) is 16.0. The van der Waals surface area contributed by atoms with E-state index < -0.39 is 41.6 Å². The number of benzene rings is 3. The molecule has 1 aromatic heterocycles. The van der Waals surface area contributed by atoms with Crippen LogP contribution in [0.5, 0.6) is 5.75 Å². The highest BCUT2D eigenvalue weighted by molar-refractivity contribution is 5.89. The van der Waals surface area contributed by atoms with Crippen LogP contribution in [0.2, 0.25) is 0 Å². The Bertz CT molecular complexity index is 2000. The average molecular weight is 796 g/mol. The van der Waals surface area contributed by atoms with Crippen LogP contribution in [0.1, 0.15) is 57.7 Å². The van der Waals surface area contributed by atoms with E-state index in [1.54, 1.807) is 56.0 Å². The Kier molecular flexibility index (Phi) is 14.7. The van der Waals surface area contributed by atoms with E-state index in [0.717, 1.165) is 27.6 Å². The molecule has 1 fully saturated rings. The van der Waals surface area contributed by atoms with Crippen molar-refractivity contribution in [3.63, 3.8) is 0 Å². The second-order valence-corrected chi connectivity index (χ2v) is 16.0. The average Bonchev–Trinajstić information content (AvgIpc) is 3.55. The van der Waals surface area contributed by atoms with Crippen molar-refractivity contribution in [3.8, 4) is 5.75 Å². The van der Waals surface area contributed by atoms with Crippen LogP contribution in [0.3, 0.4) is 0 Å². The summed E-state index contributed by atoms with van der Waals surface area (Å²) in [5, 5.41) is 29.6. The van der Waals surface area contributed by atoms with Gasteiger partial charge in [-0.3, -0.25) is 20.0 Å². The van der Waals surface area contributed by atoms with Crippen LogP contribution in [0.4, 0.5) is 9.59 Å². The number of hydrogen-bond donors (Lipinski definition) is 5. The van der Waals surface area contributed by atoms with Crippen molar-refractivity contribution >= 4 is 34.8 Å². The third kappa shape index (κ3) is 11.2. The SMILES string of the molecule is CC[C@H](C)[C@@H](C(=O)N[C@@H](Cc1ccccc1)[C@@H](O)CN(Cc1ccc(OC)cc1)NC(=O)[C@@H](NC(=O)O)C(C)(C)C)N1CCN(Cc2cccc3cccnc23)C1=O. The van der Waals surface area contributed by atoms with Gasteiger partial charge in [-0.2, -0.15) is 0 Å². The Morgan fingerprint density at radius 3 is 2.28 bits per heavy atom. The normalized spacial score (nSPS) is 15.8. The lowest BCUT2D eigenvalue weighted by Gasteiger charge is -2.36. The van der Waals surface area contributed by atoms with Gasteiger partial charge in [0.1, 0.15) is 17.8 Å². The third-order valence-electron chi connectivity index (χ3n) is 10.7. The van der Waals surface area contributed by atoms with Gasteiger partial charge in [0.2, 0.25) is 5.91 Å². The summed E-state index contributed by atoms with van der Waals surface area (Å²) in [6.07, 6.45) is 0.0417. The molecule has 0 bridgehead atoms. The Morgan fingerprint density at radius 2 is 1.62 bits per heavy atom. The number of amides is 5. The molecule has 5 amide bonds. The summed E-state index contributed by atoms with van der Waals surface area (Å²) in [5.74, 6) is -0.558. The zero-order valence-electron chi connectivity index (χ0n) is 34.2. The molecule has 1 saturated heterocycles. The van der Waals surface area contributed by atoms with Crippen molar-refractivity contribution in [2.75, 3.05) is 26.7 Å². The molecule has 2 heterocycles. The van der Waals surface area contributed by atoms with Gasteiger partial charge in [-0.1, -0.05) is 108 Å². The predicted octanol–water partition coefficient (Wildman–Crippen LogP) is 5.20. The number of fused-ring (bicyclic) bond motifs is 1. The Morgan fingerprint density at radius 1 is 0.914 bits per heavy atom. The van der Waals surface area contributed by atoms with Gasteiger partial charge in [-0.25, -0.2) is 14.6 Å². The fraction of sp³-hybridized carbons (Fsp3) is 0.432. The number of aliphatic hydroxyl groups is 1. The van der Waals surface area contributed by atoms with Crippen LogP contribution in [0.25, 0.3) is 10.9 Å². The summed E-state index contributed by atoms with van der Waals surface area (Å²) < 4.78 is 5.31. The number of hydrazine groups is 1. The molecule has 14 nitrogen and oxygen atoms in total. The Balaban J connectivity index is 1.39. The predicted molar refractivity (Wildman–Crippen MR) is 222 cm³/mol. The van der Waals surface area contributed by atoms with Gasteiger partial charge >= 0.3 is 12.1 Å². The van der Waals surface area contributed by atoms with Crippen molar-refractivity contribution < 1.29 is 34.1 Å². The fourth-order valence-corrected chi connectivity index (χ4v) is 7.33. The fourth-order valence-electron chi connectivity index (χ4n) is 7.33. The van der Waals surface area contributed by atoms with E-state index in [1.165, 1.54) is 5.01 Å². The lowest BCUT2D eigenvalue weighted by molar-refractivity contribution is -0.132. The minimum atomic E-state index is -1.34. The standard InChI is InChI=1S/C44H57N7O7/c1-7-29(2)38(51-24-23-49(43(51)57)27-33-16-11-15-32-17-12-22-45-37(32)33)40(53)46-35(25-30-13-9-8-10-14-30)36(52)28-50(26-31-18-20-34(58-6)21-19-31)48-41(54)39(44(3,4)5)47-42(55)56/h8-22,29,35-36,38-39,47,52H,7,23-28H2,1-6H3,(H,46,53)(H,48,54)(H,55,56)/t29-,35-,36-,38-,39+/m0/s1. The number of rotatable bonds is 18. The molecule has 0 saturated carbocycles. The number of nitrogens with one attached hydrogen (secondary N) is 3. The van der Waals surface area contributed by atoms with Gasteiger partial charge in [0.25, 0.3) is 5.91 Å². The number of nitrogens with zero attached hydrogens (tertiary/aromatic N) is 4. The van der Waals surface area contributed by atoms with Crippen LogP contribution in [-0.2, 0) is 29.1 Å². The van der Waals surface area contributed by atoms with Crippen molar-refractivity contribution in [2.45, 2.75) is 84.8 Å². The molecule has 0 radical (unpaired) electrons. The Hall–Kier alpha value is -5.73. The van der Waals surface area contributed by atoms with Crippen molar-refractivity contribution in [3.05, 3.63) is 108 Å². The minimum absolute atomic E-state index is 0.136. The number of ether oxygens (including phenoxy) is 1. The molecule has 58 heavy (non-hydrogen) atoms. The summed E-state index contributed by atoms with van der Waals surface area (Å²) in [4.78, 5) is 62.0. The van der Waals surface area contributed by atoms with Crippen LogP contribution in [-0.4, -0.2) is 105 Å². The van der Waals surface area contributed by atoms with Crippen molar-refractivity contribution in [2.24, 2.45) is 11.3 Å². The number of carbonyl (C=O) groups is 4. The van der Waals surface area contributed by atoms with E-state index >= 15 is 0 Å². The maximum absolute atomic E-state index is 14.5. The number of methoxy groups -OCH3 is 1. The molecule has 4 aromatic rings. The largest absolute Gasteiger partial charge is 0.497 e. The smallest absolute Gasteiger partial charge is 0.405 e. The highest BCUT2D eigenvalue weighted by Gasteiger charge is 2.41. The summed E-state index contributed by atoms with van der Waals surface area (Å²) in [7, 11) is 1.56. The van der Waals surface area contributed by atoms with Crippen LogP contribution in [0.15, 0.2) is 91.1 Å². The quantitative estimate of drug-likeness (QED) is 0.0848. The van der Waals surface area contributed by atoms with E-state index in [0.29, 0.717) is 31.8 Å². The van der Waals surface area contributed by atoms with Crippen LogP contribution < -0.4 is 20.8 Å². The van der Waals surface area contributed by atoms with Gasteiger partial charge in [0, 0.05) is 44.3 Å². The number of aliphatic hydroxyl groups excluding tert-OH is 1. The topological polar surface area (TPSA) is 177 Å². The first-order valence-electron chi connectivity index (χ1n) is 19.8. The van der Waals surface area contributed by atoms with Crippen molar-refractivity contribution in [1.82, 2.24) is 35.9 Å². The molecule has 0 unspecified atom stereocenters. The summed E-state index contributed by atoms with van der Waals surface area (Å²) >= 11 is 0. The second kappa shape index (κ2) is 19.6. The molecular weight excluding hydrogens is 739 g/mol. The lowest BCUT2D eigenvalue weighted by Crippen LogP contribution is -2.60. The van der Waals surface area contributed by atoms with E-state index in [1.807, 2.05) is 86.6 Å². The molecule has 1 aliphatic heterocycles. The van der Waals surface area contributed by atoms with E-state index in [2.05, 4.69) is 21.0 Å². The molecule has 5 atom stereocenters. The zero-order valence-corrected chi connectivity index (χ0v) is 34.2. The number of carbonyl (C=O) groups excluding carboxylic acids is 3. The lowest BCUT2D eigenvalue weighted by atomic mass is 9.86. The van der Waals surface area contributed by atoms with Gasteiger partial charge < -0.3 is 35.4 Å². The van der Waals surface area contributed by atoms with Gasteiger partial charge in [0.15, 0.2) is 0 Å². The minimum Gasteiger partial charge on any atom is -0.497 e. The molecule has 0 spiro atoms. The highest BCUT2D eigenvalue weighted by Crippen LogP contribution is 2.25. The third-order valence-corrected chi connectivity index (χ3v) is 10.7. The number of pyridine rings is 1. The van der Waals surface area contributed by atoms with Crippen molar-refractivity contribution in [1.29, 1.82) is 0 Å². The molecule has 5 N–H and O–H groups in total. The maximum Gasteiger partial charge on any atom is 0.405 e. The number of carboxylic acid groups (broad SMARTS) is 1. The first-order valence-corrected chi connectivity index (χ1v) is 19.8. The van der Waals surface area contributed by atoms with Gasteiger partial charge in [-0.15, -0.1) is 0 Å². The summed E-state index contributed by atoms with van der Waals surface area (Å²) in [6.45, 7) is 10.3. The molecule has 14 heteroatoms. The number of hydrogen-bond acceptors (Lipinski definition) is 8. The molecule has 310 valence electrons. The van der Waals surface area contributed by atoms with Gasteiger partial charge in [0.05, 0.1) is 24.8 Å². The highest BCUT2D eigenvalue weighted by atomic mass is 16.5. The first-order chi connectivity index (χ1) is 27.7. The van der Waals surface area contributed by atoms with Crippen LogP contribution in [0, 0.1) is 11.3 Å².